The summed E-state index contributed by atoms with van der Waals surface area (Å²) in [7, 11) is 0. The molecule has 2 nitrogen and oxygen atoms in total. The van der Waals surface area contributed by atoms with E-state index in [0.29, 0.717) is 17.9 Å². The molecule has 0 aromatic heterocycles. The van der Waals surface area contributed by atoms with Gasteiger partial charge in [0.15, 0.2) is 0 Å². The van der Waals surface area contributed by atoms with Crippen LogP contribution in [0.15, 0.2) is 71.9 Å². The molecule has 0 aliphatic heterocycles. The lowest BCUT2D eigenvalue weighted by Gasteiger charge is -2.12. The Kier molecular flexibility index (Phi) is 7.32. The Labute approximate surface area is 172 Å². The highest BCUT2D eigenvalue weighted by Gasteiger charge is 2.48. The number of aryl methyl sites for hydroxylation is 1. The summed E-state index contributed by atoms with van der Waals surface area (Å²) in [5, 5.41) is 0. The topological polar surface area (TPSA) is 18.5 Å². The molecule has 0 bridgehead atoms. The fraction of sp³-hybridized carbons (Fsp3) is 0.333. The first kappa shape index (κ1) is 21.3. The molecule has 144 valence electrons. The van der Waals surface area contributed by atoms with E-state index in [1.165, 1.54) is 12.0 Å². The molecule has 0 spiro atoms. The van der Waals surface area contributed by atoms with Crippen molar-refractivity contribution in [3.8, 4) is 11.5 Å². The quantitative estimate of drug-likeness (QED) is 0.437. The van der Waals surface area contributed by atoms with Crippen LogP contribution in [0.25, 0.3) is 0 Å². The molecule has 0 N–H and O–H groups in total. The van der Waals surface area contributed by atoms with E-state index in [-0.39, 0.29) is 0 Å². The minimum absolute atomic E-state index is 0.355. The molecule has 2 aromatic rings. The van der Waals surface area contributed by atoms with Gasteiger partial charge < -0.3 is 9.47 Å². The maximum Gasteiger partial charge on any atom is 0.127 e. The largest absolute Gasteiger partial charge is 0.494 e. The van der Waals surface area contributed by atoms with Crippen LogP contribution in [-0.4, -0.2) is 0 Å². The maximum absolute atomic E-state index is 5.90. The summed E-state index contributed by atoms with van der Waals surface area (Å²) in [6, 6.07) is 16.1. The summed E-state index contributed by atoms with van der Waals surface area (Å²) in [5.74, 6) is 3.07. The van der Waals surface area contributed by atoms with E-state index in [1.807, 2.05) is 55.5 Å². The van der Waals surface area contributed by atoms with Gasteiger partial charge in [-0.1, -0.05) is 72.8 Å². The van der Waals surface area contributed by atoms with Gasteiger partial charge in [0.25, 0.3) is 0 Å². The van der Waals surface area contributed by atoms with Crippen LogP contribution in [0, 0.1) is 18.3 Å². The van der Waals surface area contributed by atoms with Gasteiger partial charge in [-0.2, -0.15) is 0 Å². The summed E-state index contributed by atoms with van der Waals surface area (Å²) in [4.78, 5) is 0. The lowest BCUT2D eigenvalue weighted by molar-refractivity contribution is 0.178. The number of ether oxygens (including phenoxy) is 2. The van der Waals surface area contributed by atoms with Crippen LogP contribution in [0.5, 0.6) is 11.5 Å². The smallest absolute Gasteiger partial charge is 0.127 e. The van der Waals surface area contributed by atoms with E-state index < -0.39 is 0 Å². The van der Waals surface area contributed by atoms with Gasteiger partial charge >= 0.3 is 0 Å². The second-order valence-electron chi connectivity index (χ2n) is 7.74. The number of hydrogen-bond acceptors (Lipinski definition) is 2. The van der Waals surface area contributed by atoms with Gasteiger partial charge in [0.1, 0.15) is 18.1 Å². The summed E-state index contributed by atoms with van der Waals surface area (Å²) in [6.07, 6.45) is 1.17. The highest BCUT2D eigenvalue weighted by atomic mass is 79.9. The van der Waals surface area contributed by atoms with Crippen molar-refractivity contribution in [1.29, 1.82) is 0 Å². The van der Waals surface area contributed by atoms with Crippen molar-refractivity contribution < 1.29 is 9.47 Å². The second kappa shape index (κ2) is 9.27. The van der Waals surface area contributed by atoms with Crippen molar-refractivity contribution in [2.24, 2.45) is 11.3 Å². The number of benzene rings is 2. The zero-order valence-electron chi connectivity index (χ0n) is 16.7. The molecule has 0 amide bonds. The molecule has 0 heterocycles. The van der Waals surface area contributed by atoms with E-state index in [2.05, 4.69) is 49.9 Å². The number of hydrogen-bond donors (Lipinski definition) is 0. The average molecular weight is 429 g/mol. The molecule has 1 aliphatic carbocycles. The van der Waals surface area contributed by atoms with E-state index in [0.717, 1.165) is 27.3 Å². The fourth-order valence-electron chi connectivity index (χ4n) is 2.73. The summed E-state index contributed by atoms with van der Waals surface area (Å²) < 4.78 is 12.7. The Morgan fingerprint density at radius 2 is 1.70 bits per heavy atom. The molecule has 1 fully saturated rings. The summed E-state index contributed by atoms with van der Waals surface area (Å²) in [6.45, 7) is 16.5. The molecule has 27 heavy (non-hydrogen) atoms. The first-order valence-corrected chi connectivity index (χ1v) is 9.93. The Morgan fingerprint density at radius 1 is 1.11 bits per heavy atom. The zero-order chi connectivity index (χ0) is 20.0. The molecule has 1 aliphatic rings. The predicted molar refractivity (Wildman–Crippen MR) is 117 cm³/mol. The first-order valence-electron chi connectivity index (χ1n) is 9.13. The molecule has 0 unspecified atom stereocenters. The standard InChI is InChI=1S/C21H24O2.C3H5Br/c1-15-8-10-18(11-9-15)23-19-7-5-6-17(12-19)14-22-16(2)20-13-21(20,3)4;1-3(2)4/h5-12,20H,2,13-14H2,1,3-4H3;1H2,2H3/t20-;/m0./s1. The average Bonchev–Trinajstić information content (AvgIpc) is 3.23. The highest BCUT2D eigenvalue weighted by Crippen LogP contribution is 2.55. The molecule has 0 saturated heterocycles. The fourth-order valence-corrected chi connectivity index (χ4v) is 2.73. The van der Waals surface area contributed by atoms with Crippen LogP contribution in [-0.2, 0) is 11.3 Å². The Morgan fingerprint density at radius 3 is 2.26 bits per heavy atom. The molecule has 1 saturated carbocycles. The van der Waals surface area contributed by atoms with Gasteiger partial charge in [0, 0.05) is 5.92 Å². The third-order valence-electron chi connectivity index (χ3n) is 4.48. The van der Waals surface area contributed by atoms with Crippen LogP contribution in [0.4, 0.5) is 0 Å². The van der Waals surface area contributed by atoms with Crippen molar-refractivity contribution in [3.05, 3.63) is 83.1 Å². The van der Waals surface area contributed by atoms with Crippen LogP contribution < -0.4 is 4.74 Å². The second-order valence-corrected chi connectivity index (χ2v) is 9.09. The van der Waals surface area contributed by atoms with Gasteiger partial charge in [-0.15, -0.1) is 0 Å². The minimum atomic E-state index is 0.355. The van der Waals surface area contributed by atoms with Crippen molar-refractivity contribution in [3.63, 3.8) is 0 Å². The minimum Gasteiger partial charge on any atom is -0.494 e. The van der Waals surface area contributed by atoms with E-state index in [1.54, 1.807) is 0 Å². The molecule has 2 aromatic carbocycles. The predicted octanol–water partition coefficient (Wildman–Crippen LogP) is 7.78. The molecular formula is C24H29BrO2. The SMILES string of the molecule is C=C(C)Br.C=C(OCc1cccc(Oc2ccc(C)cc2)c1)[C@@H]1CC1(C)C. The van der Waals surface area contributed by atoms with Gasteiger partial charge in [0.05, 0.1) is 5.76 Å². The Hall–Kier alpha value is -2.00. The van der Waals surface area contributed by atoms with Gasteiger partial charge in [0.2, 0.25) is 0 Å². The van der Waals surface area contributed by atoms with Crippen LogP contribution in [0.1, 0.15) is 38.3 Å². The van der Waals surface area contributed by atoms with Crippen LogP contribution in [0.3, 0.4) is 0 Å². The molecule has 3 heteroatoms. The van der Waals surface area contributed by atoms with Crippen molar-refractivity contribution >= 4 is 15.9 Å². The number of allylic oxidation sites excluding steroid dienone is 2. The van der Waals surface area contributed by atoms with Gasteiger partial charge in [-0.25, -0.2) is 0 Å². The summed E-state index contributed by atoms with van der Waals surface area (Å²) >= 11 is 3.08. The number of halogens is 1. The zero-order valence-corrected chi connectivity index (χ0v) is 18.3. The molecule has 0 radical (unpaired) electrons. The van der Waals surface area contributed by atoms with Gasteiger partial charge in [-0.3, -0.25) is 0 Å². The first-order chi connectivity index (χ1) is 12.7. The lowest BCUT2D eigenvalue weighted by Crippen LogP contribution is -1.99. The highest BCUT2D eigenvalue weighted by molar-refractivity contribution is 9.11. The molecule has 3 rings (SSSR count). The normalized spacial score (nSPS) is 16.6. The Bertz CT molecular complexity index is 786. The third kappa shape index (κ3) is 7.26. The lowest BCUT2D eigenvalue weighted by atomic mass is 10.1. The van der Waals surface area contributed by atoms with E-state index >= 15 is 0 Å². The Balaban J connectivity index is 0.000000596. The molecule has 1 atom stereocenters. The van der Waals surface area contributed by atoms with Crippen LogP contribution >= 0.6 is 15.9 Å². The molecular weight excluding hydrogens is 400 g/mol. The van der Waals surface area contributed by atoms with Crippen LogP contribution in [0.2, 0.25) is 0 Å². The monoisotopic (exact) mass is 428 g/mol. The van der Waals surface area contributed by atoms with E-state index in [9.17, 15) is 0 Å². The number of rotatable bonds is 6. The van der Waals surface area contributed by atoms with Crippen molar-refractivity contribution in [1.82, 2.24) is 0 Å². The summed E-state index contributed by atoms with van der Waals surface area (Å²) in [5.41, 5.74) is 2.67. The van der Waals surface area contributed by atoms with Crippen molar-refractivity contribution in [2.75, 3.05) is 0 Å². The third-order valence-corrected chi connectivity index (χ3v) is 4.48. The maximum atomic E-state index is 5.90. The van der Waals surface area contributed by atoms with Gasteiger partial charge in [-0.05, 0) is 60.0 Å². The van der Waals surface area contributed by atoms with Crippen molar-refractivity contribution in [2.45, 2.75) is 40.7 Å². The van der Waals surface area contributed by atoms with E-state index in [4.69, 9.17) is 9.47 Å².